The zero-order valence-corrected chi connectivity index (χ0v) is 8.21. The minimum atomic E-state index is -0.700. The molecule has 0 bridgehead atoms. The van der Waals surface area contributed by atoms with Crippen LogP contribution < -0.4 is 5.73 Å². The number of hydrogen-bond donors (Lipinski definition) is 1. The van der Waals surface area contributed by atoms with Crippen LogP contribution in [0.15, 0.2) is 18.5 Å². The van der Waals surface area contributed by atoms with Crippen LogP contribution in [-0.4, -0.2) is 24.0 Å². The van der Waals surface area contributed by atoms with E-state index in [0.717, 1.165) is 0 Å². The summed E-state index contributed by atoms with van der Waals surface area (Å²) in [6, 6.07) is 1.38. The molecule has 5 nitrogen and oxygen atoms in total. The lowest BCUT2D eigenvalue weighted by Crippen LogP contribution is -2.17. The molecule has 1 amide bonds. The van der Waals surface area contributed by atoms with Crippen LogP contribution in [0.2, 0.25) is 0 Å². The molecule has 14 heavy (non-hydrogen) atoms. The number of esters is 1. The molecule has 0 unspecified atom stereocenters. The van der Waals surface area contributed by atoms with Crippen molar-refractivity contribution in [3.05, 3.63) is 29.6 Å². The van der Waals surface area contributed by atoms with Gasteiger partial charge in [0.1, 0.15) is 0 Å². The van der Waals surface area contributed by atoms with Crippen LogP contribution in [-0.2, 0) is 4.74 Å². The summed E-state index contributed by atoms with van der Waals surface area (Å²) in [4.78, 5) is 25.6. The summed E-state index contributed by atoms with van der Waals surface area (Å²) in [5, 5.41) is 0. The monoisotopic (exact) mass is 216 g/mol. The molecule has 1 aromatic heterocycles. The van der Waals surface area contributed by atoms with Gasteiger partial charge in [-0.1, -0.05) is 0 Å². The summed E-state index contributed by atoms with van der Waals surface area (Å²) in [7, 11) is 1.23. The molecule has 0 aliphatic rings. The Kier molecular flexibility index (Phi) is 4.58. The molecule has 0 aromatic carbocycles. The highest BCUT2D eigenvalue weighted by atomic mass is 35.5. The van der Waals surface area contributed by atoms with Gasteiger partial charge in [0.25, 0.3) is 5.91 Å². The maximum atomic E-state index is 11.1. The highest BCUT2D eigenvalue weighted by Crippen LogP contribution is 2.06. The second-order valence-corrected chi connectivity index (χ2v) is 2.28. The first kappa shape index (κ1) is 12.4. The van der Waals surface area contributed by atoms with Gasteiger partial charge in [-0.25, -0.2) is 4.79 Å². The topological polar surface area (TPSA) is 82.3 Å². The Labute approximate surface area is 86.7 Å². The average molecular weight is 217 g/mol. The summed E-state index contributed by atoms with van der Waals surface area (Å²) in [6.45, 7) is 0. The molecule has 0 radical (unpaired) electrons. The van der Waals surface area contributed by atoms with Crippen LogP contribution in [0.4, 0.5) is 0 Å². The molecule has 0 aliphatic heterocycles. The van der Waals surface area contributed by atoms with Crippen LogP contribution in [0.25, 0.3) is 0 Å². The predicted octanol–water partition coefficient (Wildman–Crippen LogP) is 0.389. The van der Waals surface area contributed by atoms with Crippen LogP contribution in [0.3, 0.4) is 0 Å². The van der Waals surface area contributed by atoms with Crippen molar-refractivity contribution in [3.8, 4) is 0 Å². The molecule has 6 heteroatoms. The first-order valence-corrected chi connectivity index (χ1v) is 3.49. The van der Waals surface area contributed by atoms with E-state index in [0.29, 0.717) is 0 Å². The molecule has 1 aromatic rings. The quantitative estimate of drug-likeness (QED) is 0.725. The van der Waals surface area contributed by atoms with Crippen LogP contribution in [0, 0.1) is 0 Å². The van der Waals surface area contributed by atoms with E-state index in [1.807, 2.05) is 0 Å². The Bertz CT molecular complexity index is 354. The fraction of sp³-hybridized carbons (Fsp3) is 0.125. The third-order valence-corrected chi connectivity index (χ3v) is 1.49. The smallest absolute Gasteiger partial charge is 0.338 e. The van der Waals surface area contributed by atoms with E-state index in [2.05, 4.69) is 9.72 Å². The van der Waals surface area contributed by atoms with Crippen molar-refractivity contribution < 1.29 is 14.3 Å². The molecule has 76 valence electrons. The molecule has 0 saturated carbocycles. The van der Waals surface area contributed by atoms with E-state index in [-0.39, 0.29) is 23.5 Å². The Morgan fingerprint density at radius 1 is 1.43 bits per heavy atom. The third kappa shape index (κ3) is 2.43. The van der Waals surface area contributed by atoms with Gasteiger partial charge in [-0.2, -0.15) is 0 Å². The van der Waals surface area contributed by atoms with Crippen LogP contribution in [0.1, 0.15) is 20.7 Å². The Hall–Kier alpha value is -1.62. The number of pyridine rings is 1. The van der Waals surface area contributed by atoms with E-state index >= 15 is 0 Å². The van der Waals surface area contributed by atoms with Crippen molar-refractivity contribution in [1.29, 1.82) is 0 Å². The summed E-state index contributed by atoms with van der Waals surface area (Å²) in [5.74, 6) is -1.30. The average Bonchev–Trinajstić information content (AvgIpc) is 2.16. The number of amides is 1. The predicted molar refractivity (Wildman–Crippen MR) is 51.3 cm³/mol. The number of carbonyl (C=O) groups is 2. The molecular weight excluding hydrogens is 208 g/mol. The molecule has 0 atom stereocenters. The normalized spacial score (nSPS) is 8.64. The second-order valence-electron chi connectivity index (χ2n) is 2.28. The van der Waals surface area contributed by atoms with E-state index < -0.39 is 11.9 Å². The Balaban J connectivity index is 0.00000169. The maximum Gasteiger partial charge on any atom is 0.338 e. The molecule has 1 rings (SSSR count). The minimum Gasteiger partial charge on any atom is -0.465 e. The lowest BCUT2D eigenvalue weighted by molar-refractivity contribution is 0.0597. The first-order valence-electron chi connectivity index (χ1n) is 3.49. The van der Waals surface area contributed by atoms with Crippen molar-refractivity contribution >= 4 is 24.3 Å². The summed E-state index contributed by atoms with van der Waals surface area (Å²) in [5.41, 5.74) is 5.21. The van der Waals surface area contributed by atoms with Gasteiger partial charge < -0.3 is 10.5 Å². The van der Waals surface area contributed by atoms with Gasteiger partial charge in [-0.3, -0.25) is 9.78 Å². The Morgan fingerprint density at radius 3 is 2.57 bits per heavy atom. The van der Waals surface area contributed by atoms with Gasteiger partial charge in [0.2, 0.25) is 0 Å². The lowest BCUT2D eigenvalue weighted by Gasteiger charge is -2.02. The molecule has 1 heterocycles. The standard InChI is InChI=1S/C8H8N2O3.ClH/c1-13-8(12)5-2-3-10-4-6(5)7(9)11;/h2-4H,1H3,(H2,9,11);1H. The van der Waals surface area contributed by atoms with Gasteiger partial charge in [-0.05, 0) is 6.07 Å². The van der Waals surface area contributed by atoms with Crippen molar-refractivity contribution in [2.24, 2.45) is 5.73 Å². The fourth-order valence-electron chi connectivity index (χ4n) is 0.879. The molecule has 0 fully saturated rings. The van der Waals surface area contributed by atoms with Crippen molar-refractivity contribution in [3.63, 3.8) is 0 Å². The SMILES string of the molecule is COC(=O)c1ccncc1C(N)=O.Cl. The zero-order chi connectivity index (χ0) is 9.84. The first-order chi connectivity index (χ1) is 6.16. The van der Waals surface area contributed by atoms with Gasteiger partial charge >= 0.3 is 5.97 Å². The van der Waals surface area contributed by atoms with Gasteiger partial charge in [0, 0.05) is 12.4 Å². The number of nitrogens with zero attached hydrogens (tertiary/aromatic N) is 1. The van der Waals surface area contributed by atoms with E-state index in [1.54, 1.807) is 0 Å². The largest absolute Gasteiger partial charge is 0.465 e. The summed E-state index contributed by atoms with van der Waals surface area (Å²) < 4.78 is 4.45. The number of hydrogen-bond acceptors (Lipinski definition) is 4. The van der Waals surface area contributed by atoms with Gasteiger partial charge in [0.05, 0.1) is 18.2 Å². The van der Waals surface area contributed by atoms with Crippen molar-refractivity contribution in [2.45, 2.75) is 0 Å². The van der Waals surface area contributed by atoms with E-state index in [9.17, 15) is 9.59 Å². The fourth-order valence-corrected chi connectivity index (χ4v) is 0.879. The summed E-state index contributed by atoms with van der Waals surface area (Å²) >= 11 is 0. The van der Waals surface area contributed by atoms with Gasteiger partial charge in [-0.15, -0.1) is 12.4 Å². The van der Waals surface area contributed by atoms with Crippen molar-refractivity contribution in [1.82, 2.24) is 4.98 Å². The van der Waals surface area contributed by atoms with Gasteiger partial charge in [0.15, 0.2) is 0 Å². The van der Waals surface area contributed by atoms with Crippen LogP contribution in [0.5, 0.6) is 0 Å². The number of halogens is 1. The molecule has 0 saturated heterocycles. The second kappa shape index (κ2) is 5.18. The molecule has 0 spiro atoms. The number of rotatable bonds is 2. The van der Waals surface area contributed by atoms with E-state index in [4.69, 9.17) is 5.73 Å². The maximum absolute atomic E-state index is 11.1. The van der Waals surface area contributed by atoms with Crippen LogP contribution >= 0.6 is 12.4 Å². The number of methoxy groups -OCH3 is 1. The highest BCUT2D eigenvalue weighted by molar-refractivity contribution is 6.04. The molecule has 0 aliphatic carbocycles. The number of primary amides is 1. The highest BCUT2D eigenvalue weighted by Gasteiger charge is 2.14. The number of ether oxygens (including phenoxy) is 1. The zero-order valence-electron chi connectivity index (χ0n) is 7.39. The number of aromatic nitrogens is 1. The molecule has 2 N–H and O–H groups in total. The Morgan fingerprint density at radius 2 is 2.07 bits per heavy atom. The summed E-state index contributed by atoms with van der Waals surface area (Å²) in [6.07, 6.45) is 2.62. The molecular formula is C8H9ClN2O3. The number of carbonyl (C=O) groups excluding carboxylic acids is 2. The minimum absolute atomic E-state index is 0. The number of nitrogens with two attached hydrogens (primary N) is 1. The van der Waals surface area contributed by atoms with Crippen molar-refractivity contribution in [2.75, 3.05) is 7.11 Å². The third-order valence-electron chi connectivity index (χ3n) is 1.49. The lowest BCUT2D eigenvalue weighted by atomic mass is 10.1. The van der Waals surface area contributed by atoms with E-state index in [1.165, 1.54) is 25.6 Å².